The van der Waals surface area contributed by atoms with Crippen LogP contribution in [0.25, 0.3) is 22.4 Å². The monoisotopic (exact) mass is 405 g/mol. The van der Waals surface area contributed by atoms with Crippen LogP contribution in [0.5, 0.6) is 0 Å². The zero-order chi connectivity index (χ0) is 20.5. The highest BCUT2D eigenvalue weighted by atomic mass is 19.1. The minimum Gasteiger partial charge on any atom is -0.451 e. The van der Waals surface area contributed by atoms with E-state index in [1.54, 1.807) is 24.3 Å². The largest absolute Gasteiger partial charge is 0.451 e. The predicted octanol–water partition coefficient (Wildman–Crippen LogP) is 4.72. The Balaban J connectivity index is 1.28. The minimum atomic E-state index is -0.384. The second-order valence-electron chi connectivity index (χ2n) is 7.60. The molecule has 1 amide bonds. The Labute approximate surface area is 172 Å². The van der Waals surface area contributed by atoms with Crippen LogP contribution in [0.4, 0.5) is 4.39 Å². The predicted molar refractivity (Wildman–Crippen MR) is 108 cm³/mol. The molecule has 0 saturated carbocycles. The molecule has 0 bridgehead atoms. The second kappa shape index (κ2) is 7.74. The summed E-state index contributed by atoms with van der Waals surface area (Å²) >= 11 is 0. The van der Waals surface area contributed by atoms with Gasteiger partial charge in [0.05, 0.1) is 5.56 Å². The van der Waals surface area contributed by atoms with Gasteiger partial charge in [-0.05, 0) is 43.0 Å². The van der Waals surface area contributed by atoms with Crippen molar-refractivity contribution in [2.45, 2.75) is 19.3 Å². The van der Waals surface area contributed by atoms with Gasteiger partial charge < -0.3 is 13.8 Å². The molecule has 7 heteroatoms. The van der Waals surface area contributed by atoms with Crippen molar-refractivity contribution < 1.29 is 18.1 Å². The number of hydrogen-bond donors (Lipinski definition) is 0. The zero-order valence-corrected chi connectivity index (χ0v) is 16.3. The number of carbonyl (C=O) groups is 1. The summed E-state index contributed by atoms with van der Waals surface area (Å²) in [5, 5.41) is 4.83. The molecule has 6 nitrogen and oxygen atoms in total. The van der Waals surface area contributed by atoms with E-state index in [1.807, 2.05) is 29.2 Å². The lowest BCUT2D eigenvalue weighted by Crippen LogP contribution is -2.40. The first kappa shape index (κ1) is 18.5. The summed E-state index contributed by atoms with van der Waals surface area (Å²) in [5.74, 6) is 0.765. The van der Waals surface area contributed by atoms with Gasteiger partial charge in [0.15, 0.2) is 5.76 Å². The third-order valence-corrected chi connectivity index (χ3v) is 5.49. The third-order valence-electron chi connectivity index (χ3n) is 5.49. The van der Waals surface area contributed by atoms with Gasteiger partial charge >= 0.3 is 0 Å². The molecule has 1 unspecified atom stereocenters. The Morgan fingerprint density at radius 1 is 1.17 bits per heavy atom. The van der Waals surface area contributed by atoms with Crippen molar-refractivity contribution in [2.75, 3.05) is 13.1 Å². The number of piperidine rings is 1. The van der Waals surface area contributed by atoms with Crippen LogP contribution in [0.1, 0.15) is 29.3 Å². The van der Waals surface area contributed by atoms with E-state index in [0.29, 0.717) is 42.3 Å². The van der Waals surface area contributed by atoms with Gasteiger partial charge in [0.2, 0.25) is 11.7 Å². The van der Waals surface area contributed by atoms with Crippen molar-refractivity contribution >= 4 is 16.9 Å². The lowest BCUT2D eigenvalue weighted by atomic mass is 9.94. The van der Waals surface area contributed by atoms with E-state index in [2.05, 4.69) is 10.1 Å². The molecule has 1 aliphatic rings. The molecule has 2 aromatic heterocycles. The molecule has 3 heterocycles. The van der Waals surface area contributed by atoms with E-state index >= 15 is 0 Å². The van der Waals surface area contributed by atoms with Crippen LogP contribution >= 0.6 is 0 Å². The first-order valence-electron chi connectivity index (χ1n) is 10.0. The van der Waals surface area contributed by atoms with Gasteiger partial charge in [-0.1, -0.05) is 35.5 Å². The van der Waals surface area contributed by atoms with Crippen molar-refractivity contribution in [1.29, 1.82) is 0 Å². The third kappa shape index (κ3) is 3.58. The number of fused-ring (bicyclic) bond motifs is 1. The number of likely N-dealkylation sites (tertiary alicyclic amines) is 1. The van der Waals surface area contributed by atoms with E-state index < -0.39 is 0 Å². The van der Waals surface area contributed by atoms with Crippen molar-refractivity contribution in [3.63, 3.8) is 0 Å². The summed E-state index contributed by atoms with van der Waals surface area (Å²) in [6, 6.07) is 15.7. The molecule has 0 aliphatic carbocycles. The van der Waals surface area contributed by atoms with E-state index in [-0.39, 0.29) is 23.5 Å². The molecular formula is C23H20FN3O3. The SMILES string of the molecule is O=C(c1cc2ccccc2o1)N1CCCC(Cc2nc(-c3ccccc3F)no2)C1. The lowest BCUT2D eigenvalue weighted by Gasteiger charge is -2.31. The summed E-state index contributed by atoms with van der Waals surface area (Å²) in [5.41, 5.74) is 1.03. The van der Waals surface area contributed by atoms with Gasteiger partial charge in [-0.3, -0.25) is 4.79 Å². The molecular weight excluding hydrogens is 385 g/mol. The van der Waals surface area contributed by atoms with E-state index in [1.165, 1.54) is 6.07 Å². The second-order valence-corrected chi connectivity index (χ2v) is 7.60. The number of aromatic nitrogens is 2. The first-order chi connectivity index (χ1) is 14.7. The molecule has 30 heavy (non-hydrogen) atoms. The van der Waals surface area contributed by atoms with Gasteiger partial charge in [-0.2, -0.15) is 4.98 Å². The van der Waals surface area contributed by atoms with E-state index in [9.17, 15) is 9.18 Å². The van der Waals surface area contributed by atoms with Gasteiger partial charge in [0, 0.05) is 24.9 Å². The van der Waals surface area contributed by atoms with Crippen LogP contribution in [0.2, 0.25) is 0 Å². The average Bonchev–Trinajstić information content (AvgIpc) is 3.41. The number of nitrogens with zero attached hydrogens (tertiary/aromatic N) is 3. The fourth-order valence-corrected chi connectivity index (χ4v) is 4.00. The van der Waals surface area contributed by atoms with Gasteiger partial charge in [-0.25, -0.2) is 4.39 Å². The molecule has 1 fully saturated rings. The van der Waals surface area contributed by atoms with Crippen LogP contribution in [0.3, 0.4) is 0 Å². The van der Waals surface area contributed by atoms with Crippen LogP contribution in [0.15, 0.2) is 63.5 Å². The lowest BCUT2D eigenvalue weighted by molar-refractivity contribution is 0.0638. The minimum absolute atomic E-state index is 0.103. The zero-order valence-electron chi connectivity index (χ0n) is 16.3. The quantitative estimate of drug-likeness (QED) is 0.491. The number of amides is 1. The van der Waals surface area contributed by atoms with E-state index in [0.717, 1.165) is 18.2 Å². The molecule has 5 rings (SSSR count). The summed E-state index contributed by atoms with van der Waals surface area (Å²) in [4.78, 5) is 19.1. The number of rotatable bonds is 4. The number of furan rings is 1. The Hall–Kier alpha value is -3.48. The fourth-order valence-electron chi connectivity index (χ4n) is 4.00. The van der Waals surface area contributed by atoms with Gasteiger partial charge in [0.25, 0.3) is 5.91 Å². The van der Waals surface area contributed by atoms with Crippen LogP contribution < -0.4 is 0 Å². The maximum atomic E-state index is 13.9. The van der Waals surface area contributed by atoms with Crippen molar-refractivity contribution in [2.24, 2.45) is 5.92 Å². The molecule has 1 aliphatic heterocycles. The highest BCUT2D eigenvalue weighted by Gasteiger charge is 2.28. The maximum absolute atomic E-state index is 13.9. The highest BCUT2D eigenvalue weighted by molar-refractivity contribution is 5.96. The fraction of sp³-hybridized carbons (Fsp3) is 0.261. The first-order valence-corrected chi connectivity index (χ1v) is 10.0. The van der Waals surface area contributed by atoms with Crippen molar-refractivity contribution in [1.82, 2.24) is 15.0 Å². The van der Waals surface area contributed by atoms with Crippen LogP contribution in [-0.4, -0.2) is 34.0 Å². The van der Waals surface area contributed by atoms with Gasteiger partial charge in [-0.15, -0.1) is 0 Å². The standard InChI is InChI=1S/C23H20FN3O3/c24-18-9-3-2-8-17(18)22-25-21(30-26-22)12-15-6-5-11-27(14-15)23(28)20-13-16-7-1-4-10-19(16)29-20/h1-4,7-10,13,15H,5-6,11-12,14H2. The normalized spacial score (nSPS) is 16.8. The Kier molecular flexibility index (Phi) is 4.78. The number of halogens is 1. The molecule has 0 N–H and O–H groups in total. The number of benzene rings is 2. The summed E-state index contributed by atoms with van der Waals surface area (Å²) < 4.78 is 25.0. The molecule has 1 atom stereocenters. The summed E-state index contributed by atoms with van der Waals surface area (Å²) in [6.45, 7) is 1.28. The molecule has 1 saturated heterocycles. The topological polar surface area (TPSA) is 72.4 Å². The maximum Gasteiger partial charge on any atom is 0.289 e. The summed E-state index contributed by atoms with van der Waals surface area (Å²) in [7, 11) is 0. The number of para-hydroxylation sites is 1. The van der Waals surface area contributed by atoms with Gasteiger partial charge in [0.1, 0.15) is 11.4 Å². The smallest absolute Gasteiger partial charge is 0.289 e. The Morgan fingerprint density at radius 2 is 2.00 bits per heavy atom. The number of hydrogen-bond acceptors (Lipinski definition) is 5. The molecule has 0 radical (unpaired) electrons. The van der Waals surface area contributed by atoms with Crippen LogP contribution in [-0.2, 0) is 6.42 Å². The Bertz CT molecular complexity index is 1170. The molecule has 4 aromatic rings. The Morgan fingerprint density at radius 3 is 2.87 bits per heavy atom. The van der Waals surface area contributed by atoms with Crippen LogP contribution in [0, 0.1) is 11.7 Å². The highest BCUT2D eigenvalue weighted by Crippen LogP contribution is 2.26. The molecule has 2 aromatic carbocycles. The number of carbonyl (C=O) groups excluding carboxylic acids is 1. The van der Waals surface area contributed by atoms with E-state index in [4.69, 9.17) is 8.94 Å². The van der Waals surface area contributed by atoms with Crippen molar-refractivity contribution in [3.05, 3.63) is 72.1 Å². The average molecular weight is 405 g/mol. The molecule has 152 valence electrons. The van der Waals surface area contributed by atoms with Crippen molar-refractivity contribution in [3.8, 4) is 11.4 Å². The summed E-state index contributed by atoms with van der Waals surface area (Å²) in [6.07, 6.45) is 2.40. The molecule has 0 spiro atoms.